The molecular weight excluding hydrogens is 450 g/mol. The molecule has 1 fully saturated rings. The number of sulfonamides is 1. The summed E-state index contributed by atoms with van der Waals surface area (Å²) >= 11 is 0. The molecule has 1 aliphatic carbocycles. The summed E-state index contributed by atoms with van der Waals surface area (Å²) in [5.74, 6) is 0.129. The molecular formula is C26H25N3O4S. The van der Waals surface area contributed by atoms with Crippen molar-refractivity contribution in [1.82, 2.24) is 4.72 Å². The topological polar surface area (TPSA) is 96.9 Å². The van der Waals surface area contributed by atoms with Crippen molar-refractivity contribution in [3.63, 3.8) is 0 Å². The van der Waals surface area contributed by atoms with Crippen LogP contribution in [0.3, 0.4) is 0 Å². The minimum absolute atomic E-state index is 0.144. The Balaban J connectivity index is 1.57. The Bertz CT molecular complexity index is 1350. The molecule has 3 aromatic carbocycles. The highest BCUT2D eigenvalue weighted by Crippen LogP contribution is 2.38. The molecule has 0 radical (unpaired) electrons. The van der Waals surface area contributed by atoms with Crippen molar-refractivity contribution in [2.75, 3.05) is 19.0 Å². The van der Waals surface area contributed by atoms with Crippen molar-refractivity contribution in [1.29, 1.82) is 0 Å². The number of amides is 1. The van der Waals surface area contributed by atoms with Gasteiger partial charge in [-0.15, -0.1) is 0 Å². The van der Waals surface area contributed by atoms with Gasteiger partial charge in [-0.1, -0.05) is 30.3 Å². The second kappa shape index (κ2) is 9.04. The average molecular weight is 476 g/mol. The fourth-order valence-corrected chi connectivity index (χ4v) is 5.16. The standard InChI is InChI=1S/C26H25N3O4S/c1-33-20-11-9-19(10-12-20)28-25(18-5-3-2-4-6-18)24-22-15-21(13-14-23(22)29-26(24)30)34(31,32)27-16-17-7-8-17/h2-6,9-15,17,24,27H,7-8,16H2,1H3,(H,29,30). The molecule has 1 aliphatic heterocycles. The first kappa shape index (κ1) is 22.3. The van der Waals surface area contributed by atoms with Crippen LogP contribution in [0.15, 0.2) is 82.7 Å². The van der Waals surface area contributed by atoms with Crippen LogP contribution in [0, 0.1) is 5.92 Å². The van der Waals surface area contributed by atoms with Crippen molar-refractivity contribution in [2.45, 2.75) is 23.7 Å². The first-order valence-electron chi connectivity index (χ1n) is 11.2. The van der Waals surface area contributed by atoms with Gasteiger partial charge in [0.1, 0.15) is 11.7 Å². The maximum atomic E-state index is 13.1. The van der Waals surface area contributed by atoms with Crippen LogP contribution in [-0.2, 0) is 14.8 Å². The molecule has 8 heteroatoms. The molecule has 0 bridgehead atoms. The fraction of sp³-hybridized carbons (Fsp3) is 0.231. The maximum absolute atomic E-state index is 13.1. The molecule has 1 unspecified atom stereocenters. The summed E-state index contributed by atoms with van der Waals surface area (Å²) in [6.45, 7) is 0.439. The van der Waals surface area contributed by atoms with Crippen molar-refractivity contribution >= 4 is 33.0 Å². The number of fused-ring (bicyclic) bond motifs is 1. The van der Waals surface area contributed by atoms with Crippen molar-refractivity contribution < 1.29 is 17.9 Å². The van der Waals surface area contributed by atoms with Gasteiger partial charge in [-0.05, 0) is 72.4 Å². The zero-order chi connectivity index (χ0) is 23.7. The Hall–Kier alpha value is -3.49. The molecule has 1 amide bonds. The van der Waals surface area contributed by atoms with Gasteiger partial charge in [0.2, 0.25) is 15.9 Å². The first-order chi connectivity index (χ1) is 16.4. The van der Waals surface area contributed by atoms with Gasteiger partial charge in [-0.25, -0.2) is 13.1 Å². The number of hydrogen-bond donors (Lipinski definition) is 2. The highest BCUT2D eigenvalue weighted by atomic mass is 32.2. The summed E-state index contributed by atoms with van der Waals surface area (Å²) in [7, 11) is -2.08. The second-order valence-electron chi connectivity index (χ2n) is 8.53. The first-order valence-corrected chi connectivity index (χ1v) is 12.7. The number of aliphatic imine (C=N–C) groups is 1. The van der Waals surface area contributed by atoms with Crippen molar-refractivity contribution in [2.24, 2.45) is 10.9 Å². The van der Waals surface area contributed by atoms with E-state index >= 15 is 0 Å². The van der Waals surface area contributed by atoms with Gasteiger partial charge in [0.25, 0.3) is 0 Å². The van der Waals surface area contributed by atoms with Gasteiger partial charge in [-0.2, -0.15) is 0 Å². The molecule has 2 N–H and O–H groups in total. The lowest BCUT2D eigenvalue weighted by molar-refractivity contribution is -0.115. The molecule has 34 heavy (non-hydrogen) atoms. The number of benzene rings is 3. The van der Waals surface area contributed by atoms with Crippen LogP contribution in [0.4, 0.5) is 11.4 Å². The number of carbonyl (C=O) groups excluding carboxylic acids is 1. The lowest BCUT2D eigenvalue weighted by Crippen LogP contribution is -2.26. The molecule has 3 aromatic rings. The number of nitrogens with one attached hydrogen (secondary N) is 2. The van der Waals surface area contributed by atoms with E-state index in [-0.39, 0.29) is 10.8 Å². The van der Waals surface area contributed by atoms with E-state index in [4.69, 9.17) is 9.73 Å². The molecule has 1 atom stereocenters. The number of methoxy groups -OCH3 is 1. The van der Waals surface area contributed by atoms with Crippen molar-refractivity contribution in [3.05, 3.63) is 83.9 Å². The van der Waals surface area contributed by atoms with Crippen LogP contribution in [0.1, 0.15) is 29.9 Å². The SMILES string of the molecule is COc1ccc(N=C(c2ccccc2)C2C(=O)Nc3ccc(S(=O)(=O)NCC4CC4)cc32)cc1. The minimum atomic E-state index is -3.68. The van der Waals surface area contributed by atoms with Crippen LogP contribution in [-0.4, -0.2) is 33.7 Å². The normalized spacial score (nSPS) is 17.9. The third kappa shape index (κ3) is 4.60. The Labute approximate surface area is 198 Å². The molecule has 2 aliphatic rings. The molecule has 0 saturated heterocycles. The quantitative estimate of drug-likeness (QED) is 0.476. The largest absolute Gasteiger partial charge is 0.497 e. The van der Waals surface area contributed by atoms with Gasteiger partial charge in [0, 0.05) is 12.2 Å². The lowest BCUT2D eigenvalue weighted by Gasteiger charge is -2.15. The van der Waals surface area contributed by atoms with E-state index in [1.807, 2.05) is 42.5 Å². The summed E-state index contributed by atoms with van der Waals surface area (Å²) < 4.78 is 33.7. The van der Waals surface area contributed by atoms with E-state index in [0.29, 0.717) is 40.9 Å². The Morgan fingerprint density at radius 2 is 1.79 bits per heavy atom. The highest BCUT2D eigenvalue weighted by molar-refractivity contribution is 7.89. The van der Waals surface area contributed by atoms with E-state index in [0.717, 1.165) is 18.4 Å². The Kier molecular flexibility index (Phi) is 5.93. The van der Waals surface area contributed by atoms with E-state index in [9.17, 15) is 13.2 Å². The molecule has 1 saturated carbocycles. The van der Waals surface area contributed by atoms with Crippen molar-refractivity contribution in [3.8, 4) is 5.75 Å². The van der Waals surface area contributed by atoms with Gasteiger partial charge in [0.05, 0.1) is 23.4 Å². The van der Waals surface area contributed by atoms with E-state index in [1.54, 1.807) is 31.4 Å². The predicted molar refractivity (Wildman–Crippen MR) is 131 cm³/mol. The van der Waals surface area contributed by atoms with Gasteiger partial charge in [0.15, 0.2) is 0 Å². The number of ether oxygens (including phenoxy) is 1. The third-order valence-corrected chi connectivity index (χ3v) is 7.51. The van der Waals surface area contributed by atoms with Gasteiger partial charge < -0.3 is 10.1 Å². The zero-order valence-electron chi connectivity index (χ0n) is 18.7. The fourth-order valence-electron chi connectivity index (χ4n) is 4.01. The molecule has 5 rings (SSSR count). The maximum Gasteiger partial charge on any atom is 0.240 e. The Morgan fingerprint density at radius 1 is 1.06 bits per heavy atom. The number of nitrogens with zero attached hydrogens (tertiary/aromatic N) is 1. The molecule has 7 nitrogen and oxygen atoms in total. The summed E-state index contributed by atoms with van der Waals surface area (Å²) in [5.41, 5.74) is 3.18. The molecule has 0 spiro atoms. The number of carbonyl (C=O) groups is 1. The smallest absolute Gasteiger partial charge is 0.240 e. The second-order valence-corrected chi connectivity index (χ2v) is 10.3. The Morgan fingerprint density at radius 3 is 2.47 bits per heavy atom. The molecule has 0 aromatic heterocycles. The van der Waals surface area contributed by atoms with E-state index in [2.05, 4.69) is 10.0 Å². The number of anilines is 1. The monoisotopic (exact) mass is 475 g/mol. The average Bonchev–Trinajstić information content (AvgIpc) is 3.63. The van der Waals surface area contributed by atoms with E-state index in [1.165, 1.54) is 6.07 Å². The van der Waals surface area contributed by atoms with Crippen LogP contribution in [0.2, 0.25) is 0 Å². The highest BCUT2D eigenvalue weighted by Gasteiger charge is 2.36. The zero-order valence-corrected chi connectivity index (χ0v) is 19.5. The van der Waals surface area contributed by atoms with Gasteiger partial charge >= 0.3 is 0 Å². The number of rotatable bonds is 8. The lowest BCUT2D eigenvalue weighted by atomic mass is 9.90. The summed E-state index contributed by atoms with van der Waals surface area (Å²) in [6, 6.07) is 21.5. The third-order valence-electron chi connectivity index (χ3n) is 6.09. The van der Waals surface area contributed by atoms with Crippen LogP contribution < -0.4 is 14.8 Å². The van der Waals surface area contributed by atoms with Crippen LogP contribution >= 0.6 is 0 Å². The summed E-state index contributed by atoms with van der Waals surface area (Å²) in [6.07, 6.45) is 2.10. The number of hydrogen-bond acceptors (Lipinski definition) is 5. The van der Waals surface area contributed by atoms with Crippen LogP contribution in [0.25, 0.3) is 0 Å². The summed E-state index contributed by atoms with van der Waals surface area (Å²) in [4.78, 5) is 18.1. The minimum Gasteiger partial charge on any atom is -0.497 e. The molecule has 1 heterocycles. The van der Waals surface area contributed by atoms with Gasteiger partial charge in [-0.3, -0.25) is 9.79 Å². The van der Waals surface area contributed by atoms with E-state index < -0.39 is 15.9 Å². The summed E-state index contributed by atoms with van der Waals surface area (Å²) in [5, 5.41) is 2.89. The van der Waals surface area contributed by atoms with Crippen LogP contribution in [0.5, 0.6) is 5.75 Å². The molecule has 174 valence electrons. The predicted octanol–water partition coefficient (Wildman–Crippen LogP) is 4.24.